The Kier molecular flexibility index (Phi) is 5.80. The van der Waals surface area contributed by atoms with Crippen LogP contribution >= 0.6 is 0 Å². The van der Waals surface area contributed by atoms with Gasteiger partial charge in [0.1, 0.15) is 6.61 Å². The monoisotopic (exact) mass is 200 g/mol. The number of methoxy groups -OCH3 is 1. The molecule has 3 heteroatoms. The molecule has 1 rings (SSSR count). The van der Waals surface area contributed by atoms with E-state index in [1.807, 2.05) is 0 Å². The van der Waals surface area contributed by atoms with Crippen molar-refractivity contribution in [1.82, 2.24) is 0 Å². The van der Waals surface area contributed by atoms with Crippen LogP contribution in [0, 0.1) is 5.92 Å². The molecule has 0 radical (unpaired) electrons. The lowest BCUT2D eigenvalue weighted by Crippen LogP contribution is -2.18. The lowest BCUT2D eigenvalue weighted by atomic mass is 10.0. The maximum Gasteiger partial charge on any atom is 0.161 e. The Morgan fingerprint density at radius 3 is 2.64 bits per heavy atom. The van der Waals surface area contributed by atoms with Gasteiger partial charge in [-0.2, -0.15) is 0 Å². The second-order valence-electron chi connectivity index (χ2n) is 3.85. The Morgan fingerprint density at radius 2 is 2.00 bits per heavy atom. The Hall–Kier alpha value is -0.410. The van der Waals surface area contributed by atoms with Crippen LogP contribution in [-0.2, 0) is 14.3 Å². The van der Waals surface area contributed by atoms with Crippen LogP contribution in [0.3, 0.4) is 0 Å². The van der Waals surface area contributed by atoms with E-state index in [1.54, 1.807) is 7.11 Å². The molecule has 0 atom stereocenters. The van der Waals surface area contributed by atoms with Gasteiger partial charge in [0.05, 0.1) is 0 Å². The first kappa shape index (κ1) is 11.7. The highest BCUT2D eigenvalue weighted by atomic mass is 16.5. The van der Waals surface area contributed by atoms with Crippen LogP contribution in [0.4, 0.5) is 0 Å². The van der Waals surface area contributed by atoms with Gasteiger partial charge >= 0.3 is 0 Å². The maximum atomic E-state index is 11.5. The van der Waals surface area contributed by atoms with Crippen LogP contribution in [0.1, 0.15) is 32.1 Å². The molecule has 0 bridgehead atoms. The SMILES string of the molecule is COCCCOCC(=O)C1CCCC1. The molecule has 1 saturated carbocycles. The Balaban J connectivity index is 1.97. The predicted molar refractivity (Wildman–Crippen MR) is 54.3 cm³/mol. The standard InChI is InChI=1S/C11H20O3/c1-13-7-4-8-14-9-11(12)10-5-2-3-6-10/h10H,2-9H2,1H3. The summed E-state index contributed by atoms with van der Waals surface area (Å²) in [4.78, 5) is 11.5. The topological polar surface area (TPSA) is 35.5 Å². The number of carbonyl (C=O) groups is 1. The Morgan fingerprint density at radius 1 is 1.29 bits per heavy atom. The molecule has 14 heavy (non-hydrogen) atoms. The molecule has 0 aromatic carbocycles. The van der Waals surface area contributed by atoms with Crippen LogP contribution in [0.5, 0.6) is 0 Å². The van der Waals surface area contributed by atoms with Gasteiger partial charge in [0.25, 0.3) is 0 Å². The van der Waals surface area contributed by atoms with Gasteiger partial charge in [-0.25, -0.2) is 0 Å². The quantitative estimate of drug-likeness (QED) is 0.588. The van der Waals surface area contributed by atoms with Crippen LogP contribution in [0.15, 0.2) is 0 Å². The molecule has 0 unspecified atom stereocenters. The second kappa shape index (κ2) is 6.96. The smallest absolute Gasteiger partial charge is 0.161 e. The molecule has 3 nitrogen and oxygen atoms in total. The summed E-state index contributed by atoms with van der Waals surface area (Å²) in [6.07, 6.45) is 5.43. The third kappa shape index (κ3) is 4.20. The number of ketones is 1. The van der Waals surface area contributed by atoms with E-state index in [0.717, 1.165) is 19.3 Å². The Bertz CT molecular complexity index is 162. The second-order valence-corrected chi connectivity index (χ2v) is 3.85. The number of hydrogen-bond acceptors (Lipinski definition) is 3. The van der Waals surface area contributed by atoms with E-state index in [1.165, 1.54) is 12.8 Å². The first-order valence-electron chi connectivity index (χ1n) is 5.44. The minimum atomic E-state index is 0.289. The fourth-order valence-corrected chi connectivity index (χ4v) is 1.84. The molecular weight excluding hydrogens is 180 g/mol. The van der Waals surface area contributed by atoms with Gasteiger partial charge in [0.15, 0.2) is 5.78 Å². The number of ether oxygens (including phenoxy) is 2. The molecule has 1 aliphatic rings. The molecule has 0 N–H and O–H groups in total. The summed E-state index contributed by atoms with van der Waals surface area (Å²) < 4.78 is 10.2. The molecule has 0 heterocycles. The number of Topliss-reactive ketones (excluding diaryl/α,β-unsaturated/α-hetero) is 1. The summed E-state index contributed by atoms with van der Waals surface area (Å²) in [5.74, 6) is 0.581. The van der Waals surface area contributed by atoms with Crippen LogP contribution in [0.25, 0.3) is 0 Å². The van der Waals surface area contributed by atoms with Gasteiger partial charge in [-0.3, -0.25) is 4.79 Å². The van der Waals surface area contributed by atoms with Gasteiger partial charge in [-0.1, -0.05) is 12.8 Å². The van der Waals surface area contributed by atoms with Gasteiger partial charge in [0, 0.05) is 26.2 Å². The van der Waals surface area contributed by atoms with Gasteiger partial charge in [-0.15, -0.1) is 0 Å². The maximum absolute atomic E-state index is 11.5. The Labute approximate surface area is 85.8 Å². The summed E-state index contributed by atoms with van der Waals surface area (Å²) in [5, 5.41) is 0. The molecule has 0 saturated heterocycles. The summed E-state index contributed by atoms with van der Waals surface area (Å²) in [7, 11) is 1.67. The highest BCUT2D eigenvalue weighted by molar-refractivity contribution is 5.82. The third-order valence-corrected chi connectivity index (χ3v) is 2.69. The first-order chi connectivity index (χ1) is 6.84. The molecule has 0 amide bonds. The van der Waals surface area contributed by atoms with Crippen molar-refractivity contribution < 1.29 is 14.3 Å². The molecule has 82 valence electrons. The lowest BCUT2D eigenvalue weighted by Gasteiger charge is -2.08. The fraction of sp³-hybridized carbons (Fsp3) is 0.909. The van der Waals surface area contributed by atoms with Crippen molar-refractivity contribution in [2.24, 2.45) is 5.92 Å². The minimum Gasteiger partial charge on any atom is -0.385 e. The van der Waals surface area contributed by atoms with Gasteiger partial charge in [0.2, 0.25) is 0 Å². The van der Waals surface area contributed by atoms with Crippen molar-refractivity contribution in [3.8, 4) is 0 Å². The first-order valence-corrected chi connectivity index (χ1v) is 5.44. The van der Waals surface area contributed by atoms with Crippen molar-refractivity contribution >= 4 is 5.78 Å². The third-order valence-electron chi connectivity index (χ3n) is 2.69. The molecule has 0 aromatic heterocycles. The summed E-state index contributed by atoms with van der Waals surface area (Å²) in [5.41, 5.74) is 0. The van der Waals surface area contributed by atoms with Gasteiger partial charge < -0.3 is 9.47 Å². The van der Waals surface area contributed by atoms with Crippen LogP contribution < -0.4 is 0 Å². The van der Waals surface area contributed by atoms with E-state index in [2.05, 4.69) is 0 Å². The molecule has 0 spiro atoms. The predicted octanol–water partition coefficient (Wildman–Crippen LogP) is 1.80. The summed E-state index contributed by atoms with van der Waals surface area (Å²) >= 11 is 0. The molecule has 0 aromatic rings. The highest BCUT2D eigenvalue weighted by Crippen LogP contribution is 2.25. The molecular formula is C11H20O3. The van der Waals surface area contributed by atoms with E-state index in [4.69, 9.17) is 9.47 Å². The number of carbonyl (C=O) groups excluding carboxylic acids is 1. The molecule has 1 aliphatic carbocycles. The largest absolute Gasteiger partial charge is 0.385 e. The normalized spacial score (nSPS) is 17.5. The average molecular weight is 200 g/mol. The number of rotatable bonds is 7. The van der Waals surface area contributed by atoms with Crippen LogP contribution in [-0.4, -0.2) is 32.7 Å². The fourth-order valence-electron chi connectivity index (χ4n) is 1.84. The van der Waals surface area contributed by atoms with Gasteiger partial charge in [-0.05, 0) is 19.3 Å². The van der Waals surface area contributed by atoms with Crippen LogP contribution in [0.2, 0.25) is 0 Å². The number of hydrogen-bond donors (Lipinski definition) is 0. The summed E-state index contributed by atoms with van der Waals surface area (Å²) in [6.45, 7) is 1.64. The van der Waals surface area contributed by atoms with Crippen molar-refractivity contribution in [2.45, 2.75) is 32.1 Å². The lowest BCUT2D eigenvalue weighted by molar-refractivity contribution is -0.127. The molecule has 1 fully saturated rings. The van der Waals surface area contributed by atoms with E-state index < -0.39 is 0 Å². The zero-order valence-electron chi connectivity index (χ0n) is 8.96. The van der Waals surface area contributed by atoms with Crippen molar-refractivity contribution in [1.29, 1.82) is 0 Å². The summed E-state index contributed by atoms with van der Waals surface area (Å²) in [6, 6.07) is 0. The minimum absolute atomic E-state index is 0.289. The van der Waals surface area contributed by atoms with Crippen molar-refractivity contribution in [3.05, 3.63) is 0 Å². The van der Waals surface area contributed by atoms with E-state index in [-0.39, 0.29) is 5.92 Å². The average Bonchev–Trinajstić information content (AvgIpc) is 2.70. The van der Waals surface area contributed by atoms with Crippen molar-refractivity contribution in [3.63, 3.8) is 0 Å². The highest BCUT2D eigenvalue weighted by Gasteiger charge is 2.22. The zero-order valence-corrected chi connectivity index (χ0v) is 8.96. The van der Waals surface area contributed by atoms with Crippen molar-refractivity contribution in [2.75, 3.05) is 26.9 Å². The van der Waals surface area contributed by atoms with E-state index in [0.29, 0.717) is 25.6 Å². The molecule has 0 aliphatic heterocycles. The zero-order chi connectivity index (χ0) is 10.2. The van der Waals surface area contributed by atoms with E-state index in [9.17, 15) is 4.79 Å². The van der Waals surface area contributed by atoms with E-state index >= 15 is 0 Å².